The van der Waals surface area contributed by atoms with Gasteiger partial charge in [0, 0.05) is 0 Å². The van der Waals surface area contributed by atoms with Crippen molar-refractivity contribution in [2.75, 3.05) is 12.0 Å². The molecule has 1 unspecified atom stereocenters. The number of carboxylic acids is 1. The first-order valence-electron chi connectivity index (χ1n) is 3.06. The van der Waals surface area contributed by atoms with Gasteiger partial charge < -0.3 is 19.8 Å². The number of nitrogens with two attached hydrogens (primary N) is 1. The number of hydrogen-bond donors (Lipinski definition) is 3. The van der Waals surface area contributed by atoms with Crippen LogP contribution in [0.5, 0.6) is 0 Å². The van der Waals surface area contributed by atoms with Crippen LogP contribution in [0.4, 0.5) is 0 Å². The summed E-state index contributed by atoms with van der Waals surface area (Å²) >= 11 is 1.02. The summed E-state index contributed by atoms with van der Waals surface area (Å²) in [5.41, 5.74) is 5.19. The molecule has 4 N–H and O–H groups in total. The maximum atomic E-state index is 10.1. The van der Waals surface area contributed by atoms with Crippen molar-refractivity contribution in [3.8, 4) is 0 Å². The summed E-state index contributed by atoms with van der Waals surface area (Å²) in [5.74, 6) is -0.1000. The van der Waals surface area contributed by atoms with Crippen LogP contribution in [0.1, 0.15) is 6.42 Å². The zero-order chi connectivity index (χ0) is 9.98. The zero-order valence-electron chi connectivity index (χ0n) is 6.69. The number of hydrogen-bond acceptors (Lipinski definition) is 6. The molecule has 0 aliphatic carbocycles. The molecule has 0 amide bonds. The minimum absolute atomic E-state index is 0.552. The monoisotopic (exact) mass is 213 g/mol. The van der Waals surface area contributed by atoms with Crippen molar-refractivity contribution in [1.82, 2.24) is 0 Å². The molecule has 0 aromatic rings. The first-order valence-corrected chi connectivity index (χ1v) is 5.27. The summed E-state index contributed by atoms with van der Waals surface area (Å²) in [6.07, 6.45) is 2.48. The van der Waals surface area contributed by atoms with Crippen molar-refractivity contribution >= 4 is 29.2 Å². The zero-order valence-corrected chi connectivity index (χ0v) is 8.40. The second-order valence-electron chi connectivity index (χ2n) is 1.82. The van der Waals surface area contributed by atoms with Gasteiger partial charge in [0.15, 0.2) is 0 Å². The Morgan fingerprint density at radius 3 is 2.50 bits per heavy atom. The molecular weight excluding hydrogens is 200 g/mol. The predicted octanol–water partition coefficient (Wildman–Crippen LogP) is 0.0606. The second-order valence-corrected chi connectivity index (χ2v) is 2.99. The van der Waals surface area contributed by atoms with Crippen LogP contribution in [0, 0.1) is 4.78 Å². The SMILES string of the molecule is CSCCC(N)C(=O)O.N=[SH-]=O. The van der Waals surface area contributed by atoms with E-state index < -0.39 is 23.5 Å². The van der Waals surface area contributed by atoms with Gasteiger partial charge in [-0.3, -0.25) is 4.79 Å². The van der Waals surface area contributed by atoms with Crippen molar-refractivity contribution in [3.05, 3.63) is 0 Å². The average molecular weight is 213 g/mol. The number of aliphatic carboxylic acids is 1. The van der Waals surface area contributed by atoms with E-state index in [0.717, 1.165) is 5.75 Å². The Bertz CT molecular complexity index is 159. The van der Waals surface area contributed by atoms with Crippen LogP contribution in [0.3, 0.4) is 0 Å². The second kappa shape index (κ2) is 10.7. The Morgan fingerprint density at radius 2 is 2.25 bits per heavy atom. The number of thioether (sulfide) groups is 1. The molecule has 0 aliphatic heterocycles. The summed E-state index contributed by atoms with van der Waals surface area (Å²) in [5, 5.41) is 8.27. The van der Waals surface area contributed by atoms with Crippen LogP contribution >= 0.6 is 11.8 Å². The van der Waals surface area contributed by atoms with Gasteiger partial charge in [0.2, 0.25) is 0 Å². The molecule has 0 fully saturated rings. The van der Waals surface area contributed by atoms with Gasteiger partial charge in [-0.05, 0) is 18.4 Å². The van der Waals surface area contributed by atoms with Crippen LogP contribution in [-0.4, -0.2) is 29.1 Å². The number of carboxylic acid groups (broad SMARTS) is 1. The normalized spacial score (nSPS) is 11.2. The van der Waals surface area contributed by atoms with E-state index in [2.05, 4.69) is 0 Å². The predicted molar refractivity (Wildman–Crippen MR) is 50.8 cm³/mol. The summed E-state index contributed by atoms with van der Waals surface area (Å²) < 4.78 is 14.2. The lowest BCUT2D eigenvalue weighted by molar-refractivity contribution is -0.138. The Hall–Kier alpha value is -0.270. The Morgan fingerprint density at radius 1 is 1.83 bits per heavy atom. The summed E-state index contributed by atoms with van der Waals surface area (Å²) in [6.45, 7) is 0. The number of thiol groups is 1. The fourth-order valence-corrected chi connectivity index (χ4v) is 0.858. The molecule has 0 rings (SSSR count). The lowest BCUT2D eigenvalue weighted by Crippen LogP contribution is -2.30. The molecule has 0 aliphatic rings. The maximum absolute atomic E-state index is 10.1. The highest BCUT2D eigenvalue weighted by Gasteiger charge is 2.08. The molecule has 0 spiro atoms. The third-order valence-corrected chi connectivity index (χ3v) is 1.59. The van der Waals surface area contributed by atoms with Crippen molar-refractivity contribution in [2.24, 2.45) is 5.73 Å². The molecule has 5 nitrogen and oxygen atoms in total. The largest absolute Gasteiger partial charge is 0.480 e. The van der Waals surface area contributed by atoms with E-state index >= 15 is 0 Å². The van der Waals surface area contributed by atoms with Crippen molar-refractivity contribution in [1.29, 1.82) is 4.78 Å². The maximum Gasteiger partial charge on any atom is 0.320 e. The molecule has 0 aromatic carbocycles. The summed E-state index contributed by atoms with van der Waals surface area (Å²) in [6, 6.07) is -0.683. The Balaban J connectivity index is 0. The lowest BCUT2D eigenvalue weighted by Gasteiger charge is -2.02. The lowest BCUT2D eigenvalue weighted by atomic mass is 10.2. The van der Waals surface area contributed by atoms with Gasteiger partial charge in [0.05, 0.1) is 0 Å². The molecule has 0 saturated carbocycles. The molecule has 12 heavy (non-hydrogen) atoms. The van der Waals surface area contributed by atoms with Crippen molar-refractivity contribution in [2.45, 2.75) is 12.5 Å². The molecule has 1 atom stereocenters. The minimum atomic E-state index is -0.913. The van der Waals surface area contributed by atoms with Crippen molar-refractivity contribution < 1.29 is 14.1 Å². The topological polar surface area (TPSA) is 104 Å². The van der Waals surface area contributed by atoms with Crippen LogP contribution in [0.15, 0.2) is 0 Å². The van der Waals surface area contributed by atoms with Crippen molar-refractivity contribution in [3.63, 3.8) is 0 Å². The number of rotatable bonds is 4. The standard InChI is InChI=1S/C5H11NO2S.H2NOS/c1-9-3-2-4(6)5(7)8;1-3-2/h4H,2-3,6H2,1H3,(H,7,8);1,3H/q;-1. The van der Waals surface area contributed by atoms with Gasteiger partial charge in [-0.25, -0.2) is 11.5 Å². The minimum Gasteiger partial charge on any atom is -0.480 e. The first-order chi connectivity index (χ1) is 5.59. The van der Waals surface area contributed by atoms with E-state index in [1.807, 2.05) is 6.26 Å². The smallest absolute Gasteiger partial charge is 0.320 e. The molecule has 74 valence electrons. The Labute approximate surface area is 78.8 Å². The third kappa shape index (κ3) is 12.4. The quantitative estimate of drug-likeness (QED) is 0.452. The van der Waals surface area contributed by atoms with E-state index in [0.29, 0.717) is 6.42 Å². The van der Waals surface area contributed by atoms with Crippen LogP contribution in [-0.2, 0) is 20.5 Å². The molecule has 7 heteroatoms. The van der Waals surface area contributed by atoms with E-state index in [4.69, 9.17) is 19.8 Å². The molecule has 0 heterocycles. The molecule has 0 aromatic heterocycles. The summed E-state index contributed by atoms with van der Waals surface area (Å²) in [7, 11) is 0. The van der Waals surface area contributed by atoms with E-state index in [1.165, 1.54) is 0 Å². The fourth-order valence-electron chi connectivity index (χ4n) is 0.368. The van der Waals surface area contributed by atoms with Crippen LogP contribution in [0.25, 0.3) is 0 Å². The number of carbonyl (C=O) groups is 1. The van der Waals surface area contributed by atoms with Crippen LogP contribution in [0.2, 0.25) is 0 Å². The van der Waals surface area contributed by atoms with E-state index in [-0.39, 0.29) is 0 Å². The first kappa shape index (κ1) is 14.3. The van der Waals surface area contributed by atoms with Gasteiger partial charge in [-0.2, -0.15) is 11.8 Å². The summed E-state index contributed by atoms with van der Waals surface area (Å²) in [4.78, 5) is 10.1. The van der Waals surface area contributed by atoms with Crippen LogP contribution < -0.4 is 5.73 Å². The highest BCUT2D eigenvalue weighted by atomic mass is 32.2. The molecule has 0 radical (unpaired) electrons. The average Bonchev–Trinajstić information content (AvgIpc) is 2.01. The van der Waals surface area contributed by atoms with Gasteiger partial charge in [0.1, 0.15) is 6.04 Å². The van der Waals surface area contributed by atoms with E-state index in [1.54, 1.807) is 11.8 Å². The molecule has 0 bridgehead atoms. The molecular formula is C5H13N2O3S2-. The molecule has 0 saturated heterocycles. The highest BCUT2D eigenvalue weighted by molar-refractivity contribution is 7.98. The highest BCUT2D eigenvalue weighted by Crippen LogP contribution is 1.97. The Kier molecular flexibility index (Phi) is 12.8. The van der Waals surface area contributed by atoms with Gasteiger partial charge in [0.25, 0.3) is 0 Å². The van der Waals surface area contributed by atoms with Gasteiger partial charge >= 0.3 is 5.97 Å². The third-order valence-electron chi connectivity index (χ3n) is 0.950. The van der Waals surface area contributed by atoms with Gasteiger partial charge in [-0.15, -0.1) is 0 Å². The van der Waals surface area contributed by atoms with E-state index in [9.17, 15) is 4.79 Å². The van der Waals surface area contributed by atoms with Gasteiger partial charge in [-0.1, -0.05) is 0 Å². The fraction of sp³-hybridized carbons (Fsp3) is 0.800. The number of nitrogens with one attached hydrogen (secondary N) is 1.